The quantitative estimate of drug-likeness (QED) is 0.848. The molecule has 26 heavy (non-hydrogen) atoms. The van der Waals surface area contributed by atoms with E-state index in [9.17, 15) is 9.59 Å². The Labute approximate surface area is 164 Å². The average molecular weight is 398 g/mol. The summed E-state index contributed by atoms with van der Waals surface area (Å²) in [6.07, 6.45) is 4.58. The molecule has 1 atom stereocenters. The summed E-state index contributed by atoms with van der Waals surface area (Å²) >= 11 is 12.0. The number of amides is 2. The van der Waals surface area contributed by atoms with Gasteiger partial charge in [-0.1, -0.05) is 36.0 Å². The first-order valence-electron chi connectivity index (χ1n) is 9.24. The van der Waals surface area contributed by atoms with E-state index in [0.717, 1.165) is 12.8 Å². The van der Waals surface area contributed by atoms with Crippen LogP contribution in [0.4, 0.5) is 0 Å². The number of hydrogen-bond donors (Lipinski definition) is 1. The highest BCUT2D eigenvalue weighted by Gasteiger charge is 2.29. The van der Waals surface area contributed by atoms with Crippen molar-refractivity contribution in [3.8, 4) is 0 Å². The summed E-state index contributed by atoms with van der Waals surface area (Å²) < 4.78 is 0. The number of halogens is 2. The van der Waals surface area contributed by atoms with Gasteiger partial charge in [0.1, 0.15) is 0 Å². The molecule has 1 aliphatic carbocycles. The van der Waals surface area contributed by atoms with Crippen LogP contribution in [0.15, 0.2) is 18.2 Å². The van der Waals surface area contributed by atoms with Crippen LogP contribution in [-0.4, -0.2) is 59.9 Å². The Balaban J connectivity index is 1.53. The minimum absolute atomic E-state index is 0.0721. The minimum Gasteiger partial charge on any atom is -0.352 e. The van der Waals surface area contributed by atoms with Gasteiger partial charge in [0.15, 0.2) is 0 Å². The van der Waals surface area contributed by atoms with E-state index in [-0.39, 0.29) is 17.9 Å². The van der Waals surface area contributed by atoms with E-state index < -0.39 is 0 Å². The number of nitrogens with one attached hydrogen (secondary N) is 1. The lowest BCUT2D eigenvalue weighted by molar-refractivity contribution is -0.127. The molecule has 3 rings (SSSR count). The predicted octanol–water partition coefficient (Wildman–Crippen LogP) is 3.20. The number of nitrogens with zero attached hydrogens (tertiary/aromatic N) is 2. The second-order valence-electron chi connectivity index (χ2n) is 7.15. The van der Waals surface area contributed by atoms with Crippen molar-refractivity contribution in [3.63, 3.8) is 0 Å². The number of hydrogen-bond acceptors (Lipinski definition) is 3. The van der Waals surface area contributed by atoms with Gasteiger partial charge in [-0.3, -0.25) is 14.5 Å². The number of rotatable bonds is 4. The second-order valence-corrected chi connectivity index (χ2v) is 8.03. The van der Waals surface area contributed by atoms with Gasteiger partial charge >= 0.3 is 0 Å². The van der Waals surface area contributed by atoms with E-state index >= 15 is 0 Å². The first-order valence-corrected chi connectivity index (χ1v) is 9.99. The first-order chi connectivity index (χ1) is 12.4. The first kappa shape index (κ1) is 19.5. The van der Waals surface area contributed by atoms with Crippen LogP contribution in [0.3, 0.4) is 0 Å². The van der Waals surface area contributed by atoms with Crippen molar-refractivity contribution in [2.24, 2.45) is 0 Å². The standard InChI is InChI=1S/C19H25Cl2N3O2/c1-13(18(25)22-17-4-2-3-5-17)23-6-8-24(9-7-23)19(26)14-10-15(20)12-16(21)11-14/h10-13,17H,2-9H2,1H3,(H,22,25). The Bertz CT molecular complexity index is 648. The number of benzene rings is 1. The Morgan fingerprint density at radius 3 is 2.19 bits per heavy atom. The lowest BCUT2D eigenvalue weighted by Crippen LogP contribution is -2.55. The monoisotopic (exact) mass is 397 g/mol. The van der Waals surface area contributed by atoms with Crippen LogP contribution in [0, 0.1) is 0 Å². The van der Waals surface area contributed by atoms with Crippen LogP contribution in [0.2, 0.25) is 10.0 Å². The van der Waals surface area contributed by atoms with Gasteiger partial charge in [-0.2, -0.15) is 0 Å². The molecule has 0 bridgehead atoms. The molecular formula is C19H25Cl2N3O2. The summed E-state index contributed by atoms with van der Waals surface area (Å²) in [6.45, 7) is 4.48. The molecule has 1 aromatic rings. The molecule has 0 radical (unpaired) electrons. The normalized spacial score (nSPS) is 20.2. The molecule has 7 heteroatoms. The Hall–Kier alpha value is -1.30. The molecule has 0 spiro atoms. The van der Waals surface area contributed by atoms with Gasteiger partial charge in [0, 0.05) is 47.8 Å². The fraction of sp³-hybridized carbons (Fsp3) is 0.579. The van der Waals surface area contributed by atoms with Gasteiger partial charge in [-0.25, -0.2) is 0 Å². The van der Waals surface area contributed by atoms with Crippen molar-refractivity contribution in [1.82, 2.24) is 15.1 Å². The second kappa shape index (κ2) is 8.59. The molecule has 142 valence electrons. The van der Waals surface area contributed by atoms with Gasteiger partial charge < -0.3 is 10.2 Å². The average Bonchev–Trinajstić information content (AvgIpc) is 3.12. The molecule has 5 nitrogen and oxygen atoms in total. The zero-order valence-electron chi connectivity index (χ0n) is 15.0. The lowest BCUT2D eigenvalue weighted by Gasteiger charge is -2.37. The molecule has 1 heterocycles. The molecule has 1 aliphatic heterocycles. The maximum absolute atomic E-state index is 12.7. The molecule has 1 N–H and O–H groups in total. The topological polar surface area (TPSA) is 52.7 Å². The number of carbonyl (C=O) groups excluding carboxylic acids is 2. The van der Waals surface area contributed by atoms with Crippen LogP contribution < -0.4 is 5.32 Å². The van der Waals surface area contributed by atoms with Crippen molar-refractivity contribution in [3.05, 3.63) is 33.8 Å². The largest absolute Gasteiger partial charge is 0.352 e. The van der Waals surface area contributed by atoms with Crippen molar-refractivity contribution in [1.29, 1.82) is 0 Å². The highest BCUT2D eigenvalue weighted by molar-refractivity contribution is 6.35. The molecule has 1 unspecified atom stereocenters. The third kappa shape index (κ3) is 4.70. The lowest BCUT2D eigenvalue weighted by atomic mass is 10.1. The van der Waals surface area contributed by atoms with Crippen LogP contribution in [0.1, 0.15) is 43.0 Å². The molecule has 1 saturated carbocycles. The van der Waals surface area contributed by atoms with Crippen LogP contribution in [-0.2, 0) is 4.79 Å². The van der Waals surface area contributed by atoms with E-state index in [0.29, 0.717) is 47.8 Å². The fourth-order valence-corrected chi connectivity index (χ4v) is 4.26. The van der Waals surface area contributed by atoms with Crippen molar-refractivity contribution < 1.29 is 9.59 Å². The van der Waals surface area contributed by atoms with Crippen molar-refractivity contribution in [2.45, 2.75) is 44.7 Å². The van der Waals surface area contributed by atoms with E-state index in [1.165, 1.54) is 12.8 Å². The molecule has 0 aromatic heterocycles. The summed E-state index contributed by atoms with van der Waals surface area (Å²) in [6, 6.07) is 5.05. The molecule has 2 amide bonds. The summed E-state index contributed by atoms with van der Waals surface area (Å²) in [5.74, 6) is 0.0235. The van der Waals surface area contributed by atoms with Gasteiger partial charge in [0.05, 0.1) is 6.04 Å². The van der Waals surface area contributed by atoms with Crippen molar-refractivity contribution in [2.75, 3.05) is 26.2 Å². The van der Waals surface area contributed by atoms with Gasteiger partial charge in [0.25, 0.3) is 5.91 Å². The number of piperazine rings is 1. The summed E-state index contributed by atoms with van der Waals surface area (Å²) in [5, 5.41) is 4.07. The maximum Gasteiger partial charge on any atom is 0.254 e. The van der Waals surface area contributed by atoms with Crippen LogP contribution in [0.5, 0.6) is 0 Å². The SMILES string of the molecule is CC(C(=O)NC1CCCC1)N1CCN(C(=O)c2cc(Cl)cc(Cl)c2)CC1. The third-order valence-corrected chi connectivity index (χ3v) is 5.78. The van der Waals surface area contributed by atoms with Crippen LogP contribution in [0.25, 0.3) is 0 Å². The van der Waals surface area contributed by atoms with Gasteiger partial charge in [-0.15, -0.1) is 0 Å². The van der Waals surface area contributed by atoms with E-state index in [4.69, 9.17) is 23.2 Å². The Morgan fingerprint density at radius 1 is 1.04 bits per heavy atom. The fourth-order valence-electron chi connectivity index (χ4n) is 3.73. The maximum atomic E-state index is 12.7. The van der Waals surface area contributed by atoms with E-state index in [1.54, 1.807) is 23.1 Å². The van der Waals surface area contributed by atoms with E-state index in [2.05, 4.69) is 10.2 Å². The minimum atomic E-state index is -0.173. The van der Waals surface area contributed by atoms with Gasteiger partial charge in [0.2, 0.25) is 5.91 Å². The molecular weight excluding hydrogens is 373 g/mol. The summed E-state index contributed by atoms with van der Waals surface area (Å²) in [5.41, 5.74) is 0.503. The smallest absolute Gasteiger partial charge is 0.254 e. The summed E-state index contributed by atoms with van der Waals surface area (Å²) in [7, 11) is 0. The molecule has 1 saturated heterocycles. The molecule has 1 aromatic carbocycles. The molecule has 2 aliphatic rings. The Morgan fingerprint density at radius 2 is 1.62 bits per heavy atom. The summed E-state index contributed by atoms with van der Waals surface area (Å²) in [4.78, 5) is 29.0. The Kier molecular flexibility index (Phi) is 6.43. The highest BCUT2D eigenvalue weighted by Crippen LogP contribution is 2.21. The number of carbonyl (C=O) groups is 2. The van der Waals surface area contributed by atoms with E-state index in [1.807, 2.05) is 6.92 Å². The van der Waals surface area contributed by atoms with Crippen LogP contribution >= 0.6 is 23.2 Å². The highest BCUT2D eigenvalue weighted by atomic mass is 35.5. The molecule has 2 fully saturated rings. The predicted molar refractivity (Wildman–Crippen MR) is 104 cm³/mol. The zero-order valence-corrected chi connectivity index (χ0v) is 16.5. The zero-order chi connectivity index (χ0) is 18.7. The van der Waals surface area contributed by atoms with Crippen molar-refractivity contribution >= 4 is 35.0 Å². The third-order valence-electron chi connectivity index (χ3n) is 5.34. The van der Waals surface area contributed by atoms with Gasteiger partial charge in [-0.05, 0) is 38.0 Å².